The molecule has 33 heavy (non-hydrogen) atoms. The summed E-state index contributed by atoms with van der Waals surface area (Å²) in [5, 5.41) is 8.53. The highest BCUT2D eigenvalue weighted by Gasteiger charge is 2.33. The summed E-state index contributed by atoms with van der Waals surface area (Å²) in [5.74, 6) is 1.35. The zero-order chi connectivity index (χ0) is 22.2. The van der Waals surface area contributed by atoms with Crippen molar-refractivity contribution in [2.45, 2.75) is 25.4 Å². The predicted octanol–water partition coefficient (Wildman–Crippen LogP) is 5.12. The number of benzene rings is 2. The van der Waals surface area contributed by atoms with Crippen molar-refractivity contribution >= 4 is 0 Å². The largest absolute Gasteiger partial charge is 0.463 e. The maximum Gasteiger partial charge on any atom is 0.152 e. The van der Waals surface area contributed by atoms with Crippen LogP contribution in [0.2, 0.25) is 0 Å². The average Bonchev–Trinajstić information content (AvgIpc) is 3.54. The second kappa shape index (κ2) is 8.61. The SMILES string of the molecule is Fc1ccc(-c2ccc(-n3ncc(CNC4CN5CCC4CC5)c3-c3ccco3)cc2)cc1. The molecular formula is C27H27FN4O. The lowest BCUT2D eigenvalue weighted by molar-refractivity contribution is 0.0720. The highest BCUT2D eigenvalue weighted by atomic mass is 19.1. The van der Waals surface area contributed by atoms with E-state index in [4.69, 9.17) is 9.52 Å². The van der Waals surface area contributed by atoms with Gasteiger partial charge in [0.25, 0.3) is 0 Å². The molecule has 2 bridgehead atoms. The van der Waals surface area contributed by atoms with Gasteiger partial charge in [0, 0.05) is 24.7 Å². The van der Waals surface area contributed by atoms with Gasteiger partial charge in [-0.1, -0.05) is 24.3 Å². The van der Waals surface area contributed by atoms with E-state index in [1.165, 1.54) is 38.1 Å². The summed E-state index contributed by atoms with van der Waals surface area (Å²) in [7, 11) is 0. The Morgan fingerprint density at radius 1 is 0.970 bits per heavy atom. The van der Waals surface area contributed by atoms with Gasteiger partial charge in [0.05, 0.1) is 18.1 Å². The second-order valence-corrected chi connectivity index (χ2v) is 9.09. The number of rotatable bonds is 6. The standard InChI is InChI=1S/C27H27FN4O/c28-23-7-3-19(4-8-23)20-5-9-24(10-6-20)32-27(26-2-1-15-33-26)22(17-30-32)16-29-25-18-31-13-11-21(25)12-14-31/h1-10,15,17,21,25,29H,11-14,16,18H2. The van der Waals surface area contributed by atoms with E-state index in [-0.39, 0.29) is 5.82 Å². The molecule has 1 unspecified atom stereocenters. The Morgan fingerprint density at radius 2 is 1.70 bits per heavy atom. The van der Waals surface area contributed by atoms with Gasteiger partial charge < -0.3 is 14.6 Å². The van der Waals surface area contributed by atoms with Gasteiger partial charge in [-0.25, -0.2) is 9.07 Å². The number of hydrogen-bond acceptors (Lipinski definition) is 4. The van der Waals surface area contributed by atoms with Gasteiger partial charge >= 0.3 is 0 Å². The second-order valence-electron chi connectivity index (χ2n) is 9.09. The molecule has 3 aliphatic rings. The maximum absolute atomic E-state index is 13.3. The minimum absolute atomic E-state index is 0.227. The number of fused-ring (bicyclic) bond motifs is 3. The van der Waals surface area contributed by atoms with Gasteiger partial charge in [0.2, 0.25) is 0 Å². The van der Waals surface area contributed by atoms with Gasteiger partial charge in [-0.05, 0) is 79.4 Å². The van der Waals surface area contributed by atoms with E-state index in [1.807, 2.05) is 47.3 Å². The van der Waals surface area contributed by atoms with E-state index in [2.05, 4.69) is 10.2 Å². The molecule has 3 aliphatic heterocycles. The molecule has 3 fully saturated rings. The molecule has 1 N–H and O–H groups in total. The predicted molar refractivity (Wildman–Crippen MR) is 126 cm³/mol. The van der Waals surface area contributed by atoms with Crippen LogP contribution in [-0.2, 0) is 6.54 Å². The van der Waals surface area contributed by atoms with Gasteiger partial charge in [-0.3, -0.25) is 0 Å². The molecule has 0 aliphatic carbocycles. The molecule has 2 aromatic carbocycles. The molecule has 7 rings (SSSR count). The van der Waals surface area contributed by atoms with Crippen LogP contribution in [0, 0.1) is 11.7 Å². The Labute approximate surface area is 192 Å². The highest BCUT2D eigenvalue weighted by molar-refractivity contribution is 5.66. The highest BCUT2D eigenvalue weighted by Crippen LogP contribution is 2.31. The van der Waals surface area contributed by atoms with Crippen molar-refractivity contribution in [2.24, 2.45) is 5.92 Å². The Balaban J connectivity index is 1.27. The van der Waals surface area contributed by atoms with Crippen LogP contribution in [0.1, 0.15) is 18.4 Å². The number of hydrogen-bond donors (Lipinski definition) is 1. The molecule has 6 heteroatoms. The van der Waals surface area contributed by atoms with Crippen LogP contribution >= 0.6 is 0 Å². The molecule has 0 saturated carbocycles. The van der Waals surface area contributed by atoms with Gasteiger partial charge in [0.15, 0.2) is 5.76 Å². The number of furan rings is 1. The number of halogens is 1. The van der Waals surface area contributed by atoms with Crippen LogP contribution in [0.5, 0.6) is 0 Å². The molecule has 4 aromatic rings. The Bertz CT molecular complexity index is 1210. The Kier molecular flexibility index (Phi) is 5.32. The summed E-state index contributed by atoms with van der Waals surface area (Å²) in [6.07, 6.45) is 6.24. The summed E-state index contributed by atoms with van der Waals surface area (Å²) < 4.78 is 21.0. The zero-order valence-corrected chi connectivity index (χ0v) is 18.5. The lowest BCUT2D eigenvalue weighted by Gasteiger charge is -2.45. The third-order valence-electron chi connectivity index (χ3n) is 7.10. The molecule has 5 nitrogen and oxygen atoms in total. The normalized spacial score (nSPS) is 22.0. The first-order valence-electron chi connectivity index (χ1n) is 11.7. The van der Waals surface area contributed by atoms with Crippen LogP contribution in [0.15, 0.2) is 77.5 Å². The molecule has 0 spiro atoms. The third kappa shape index (κ3) is 4.01. The van der Waals surface area contributed by atoms with Crippen LogP contribution in [0.4, 0.5) is 4.39 Å². The van der Waals surface area contributed by atoms with Crippen molar-refractivity contribution in [1.82, 2.24) is 20.0 Å². The third-order valence-corrected chi connectivity index (χ3v) is 7.10. The minimum Gasteiger partial charge on any atom is -0.463 e. The fourth-order valence-electron chi connectivity index (χ4n) is 5.26. The minimum atomic E-state index is -0.227. The topological polar surface area (TPSA) is 46.2 Å². The van der Waals surface area contributed by atoms with E-state index >= 15 is 0 Å². The summed E-state index contributed by atoms with van der Waals surface area (Å²) >= 11 is 0. The van der Waals surface area contributed by atoms with Crippen LogP contribution in [-0.4, -0.2) is 40.4 Å². The monoisotopic (exact) mass is 442 g/mol. The molecule has 0 amide bonds. The fourth-order valence-corrected chi connectivity index (χ4v) is 5.26. The van der Waals surface area contributed by atoms with E-state index < -0.39 is 0 Å². The Morgan fingerprint density at radius 3 is 2.33 bits per heavy atom. The summed E-state index contributed by atoms with van der Waals surface area (Å²) in [4.78, 5) is 2.57. The molecule has 0 radical (unpaired) electrons. The van der Waals surface area contributed by atoms with E-state index in [1.54, 1.807) is 18.4 Å². The van der Waals surface area contributed by atoms with Gasteiger partial charge in [-0.2, -0.15) is 5.10 Å². The van der Waals surface area contributed by atoms with Crippen LogP contribution in [0.3, 0.4) is 0 Å². The summed E-state index contributed by atoms with van der Waals surface area (Å²) in [6, 6.07) is 19.2. The van der Waals surface area contributed by atoms with Gasteiger partial charge in [0.1, 0.15) is 11.5 Å². The van der Waals surface area contributed by atoms with Crippen LogP contribution < -0.4 is 5.32 Å². The maximum atomic E-state index is 13.3. The molecular weight excluding hydrogens is 415 g/mol. The average molecular weight is 443 g/mol. The quantitative estimate of drug-likeness (QED) is 0.450. The molecule has 1 atom stereocenters. The van der Waals surface area contributed by atoms with E-state index in [0.717, 1.165) is 52.8 Å². The number of nitrogens with zero attached hydrogens (tertiary/aromatic N) is 3. The first kappa shape index (κ1) is 20.4. The Hall–Kier alpha value is -3.22. The summed E-state index contributed by atoms with van der Waals surface area (Å²) in [5.41, 5.74) is 5.08. The van der Waals surface area contributed by atoms with Crippen molar-refractivity contribution in [3.63, 3.8) is 0 Å². The molecule has 5 heterocycles. The van der Waals surface area contributed by atoms with Crippen molar-refractivity contribution < 1.29 is 8.81 Å². The number of aromatic nitrogens is 2. The lowest BCUT2D eigenvalue weighted by atomic mass is 9.84. The molecule has 3 saturated heterocycles. The van der Waals surface area contributed by atoms with Crippen LogP contribution in [0.25, 0.3) is 28.3 Å². The first-order valence-corrected chi connectivity index (χ1v) is 11.7. The molecule has 2 aromatic heterocycles. The summed E-state index contributed by atoms with van der Waals surface area (Å²) in [6.45, 7) is 4.39. The van der Waals surface area contributed by atoms with Crippen molar-refractivity contribution in [3.05, 3.63) is 84.5 Å². The van der Waals surface area contributed by atoms with E-state index in [9.17, 15) is 4.39 Å². The number of nitrogens with one attached hydrogen (secondary N) is 1. The molecule has 168 valence electrons. The lowest BCUT2D eigenvalue weighted by Crippen LogP contribution is -2.55. The van der Waals surface area contributed by atoms with Crippen molar-refractivity contribution in [2.75, 3.05) is 19.6 Å². The fraction of sp³-hybridized carbons (Fsp3) is 0.296. The van der Waals surface area contributed by atoms with E-state index in [0.29, 0.717) is 6.04 Å². The smallest absolute Gasteiger partial charge is 0.152 e. The zero-order valence-electron chi connectivity index (χ0n) is 18.5. The van der Waals surface area contributed by atoms with Crippen molar-refractivity contribution in [1.29, 1.82) is 0 Å². The van der Waals surface area contributed by atoms with Crippen molar-refractivity contribution in [3.8, 4) is 28.3 Å². The number of piperidine rings is 3. The van der Waals surface area contributed by atoms with Gasteiger partial charge in [-0.15, -0.1) is 0 Å². The first-order chi connectivity index (χ1) is 16.2.